The summed E-state index contributed by atoms with van der Waals surface area (Å²) in [5.41, 5.74) is 5.29. The molecule has 2 aromatic carbocycles. The van der Waals surface area contributed by atoms with Gasteiger partial charge in [0, 0.05) is 17.0 Å². The number of carbonyl (C=O) groups is 1. The predicted octanol–water partition coefficient (Wildman–Crippen LogP) is 5.09. The highest BCUT2D eigenvalue weighted by molar-refractivity contribution is 7.14. The van der Waals surface area contributed by atoms with Gasteiger partial charge in [0.15, 0.2) is 5.13 Å². The number of nitrogens with zero attached hydrogens (tertiary/aromatic N) is 1. The van der Waals surface area contributed by atoms with E-state index >= 15 is 0 Å². The Morgan fingerprint density at radius 2 is 2.00 bits per heavy atom. The Hall–Kier alpha value is -2.92. The van der Waals surface area contributed by atoms with Crippen molar-refractivity contribution in [2.75, 3.05) is 12.4 Å². The van der Waals surface area contributed by atoms with Crippen LogP contribution >= 0.6 is 11.3 Å². The molecule has 1 aromatic heterocycles. The van der Waals surface area contributed by atoms with Gasteiger partial charge in [0.1, 0.15) is 5.75 Å². The smallest absolute Gasteiger partial charge is 0.250 e. The van der Waals surface area contributed by atoms with Gasteiger partial charge in [0.05, 0.1) is 12.8 Å². The number of benzene rings is 2. The van der Waals surface area contributed by atoms with E-state index in [9.17, 15) is 4.79 Å². The molecule has 5 heteroatoms. The first-order valence-corrected chi connectivity index (χ1v) is 9.09. The van der Waals surface area contributed by atoms with Crippen molar-refractivity contribution in [3.63, 3.8) is 0 Å². The van der Waals surface area contributed by atoms with Gasteiger partial charge >= 0.3 is 0 Å². The highest BCUT2D eigenvalue weighted by Gasteiger charge is 2.07. The molecule has 26 heavy (non-hydrogen) atoms. The van der Waals surface area contributed by atoms with Crippen LogP contribution in [0.3, 0.4) is 0 Å². The van der Waals surface area contributed by atoms with Gasteiger partial charge < -0.3 is 4.74 Å². The SMILES string of the molecule is COc1cccc(/C=C/C(=O)Nc2nc(-c3ccc(C)c(C)c3)cs2)c1. The van der Waals surface area contributed by atoms with E-state index in [0.29, 0.717) is 5.13 Å². The molecule has 3 aromatic rings. The van der Waals surface area contributed by atoms with Crippen molar-refractivity contribution in [1.29, 1.82) is 0 Å². The van der Waals surface area contributed by atoms with Crippen molar-refractivity contribution in [3.8, 4) is 17.0 Å². The van der Waals surface area contributed by atoms with Crippen molar-refractivity contribution >= 4 is 28.5 Å². The summed E-state index contributed by atoms with van der Waals surface area (Å²) in [6.07, 6.45) is 3.24. The third-order valence-corrected chi connectivity index (χ3v) is 4.82. The second kappa shape index (κ2) is 7.97. The van der Waals surface area contributed by atoms with Crippen molar-refractivity contribution in [1.82, 2.24) is 4.98 Å². The molecule has 0 fully saturated rings. The number of amides is 1. The fourth-order valence-electron chi connectivity index (χ4n) is 2.43. The van der Waals surface area contributed by atoms with Gasteiger partial charge in [-0.15, -0.1) is 11.3 Å². The number of rotatable bonds is 5. The second-order valence-corrected chi connectivity index (χ2v) is 6.79. The molecule has 0 aliphatic heterocycles. The lowest BCUT2D eigenvalue weighted by molar-refractivity contribution is -0.111. The van der Waals surface area contributed by atoms with Crippen molar-refractivity contribution in [3.05, 3.63) is 70.6 Å². The van der Waals surface area contributed by atoms with Crippen LogP contribution in [0.25, 0.3) is 17.3 Å². The zero-order valence-corrected chi connectivity index (χ0v) is 15.8. The highest BCUT2D eigenvalue weighted by atomic mass is 32.1. The first-order chi connectivity index (χ1) is 12.5. The van der Waals surface area contributed by atoms with Crippen LogP contribution in [0.1, 0.15) is 16.7 Å². The molecule has 4 nitrogen and oxygen atoms in total. The summed E-state index contributed by atoms with van der Waals surface area (Å²) in [6.45, 7) is 4.16. The van der Waals surface area contributed by atoms with E-state index in [0.717, 1.165) is 22.6 Å². The summed E-state index contributed by atoms with van der Waals surface area (Å²) >= 11 is 1.41. The third-order valence-electron chi connectivity index (χ3n) is 4.06. The first kappa shape index (κ1) is 17.9. The summed E-state index contributed by atoms with van der Waals surface area (Å²) in [5, 5.41) is 5.34. The van der Waals surface area contributed by atoms with Gasteiger partial charge in [-0.3, -0.25) is 10.1 Å². The van der Waals surface area contributed by atoms with Crippen LogP contribution in [0.5, 0.6) is 5.75 Å². The number of methoxy groups -OCH3 is 1. The maximum atomic E-state index is 12.1. The summed E-state index contributed by atoms with van der Waals surface area (Å²) < 4.78 is 5.18. The number of nitrogens with one attached hydrogen (secondary N) is 1. The number of anilines is 1. The number of aromatic nitrogens is 1. The topological polar surface area (TPSA) is 51.2 Å². The summed E-state index contributed by atoms with van der Waals surface area (Å²) in [7, 11) is 1.62. The van der Waals surface area contributed by atoms with Crippen LogP contribution in [-0.4, -0.2) is 18.0 Å². The van der Waals surface area contributed by atoms with Crippen molar-refractivity contribution in [2.45, 2.75) is 13.8 Å². The molecule has 0 saturated heterocycles. The zero-order chi connectivity index (χ0) is 18.5. The number of hydrogen-bond acceptors (Lipinski definition) is 4. The summed E-state index contributed by atoms with van der Waals surface area (Å²) in [4.78, 5) is 16.6. The number of ether oxygens (including phenoxy) is 1. The van der Waals surface area contributed by atoms with E-state index in [1.54, 1.807) is 13.2 Å². The average molecular weight is 364 g/mol. The van der Waals surface area contributed by atoms with Gasteiger partial charge in [-0.2, -0.15) is 0 Å². The number of carbonyl (C=O) groups excluding carboxylic acids is 1. The Balaban J connectivity index is 1.67. The maximum Gasteiger partial charge on any atom is 0.250 e. The molecular formula is C21H20N2O2S. The highest BCUT2D eigenvalue weighted by Crippen LogP contribution is 2.26. The van der Waals surface area contributed by atoms with E-state index < -0.39 is 0 Å². The Kier molecular flexibility index (Phi) is 5.49. The average Bonchev–Trinajstić information content (AvgIpc) is 3.11. The van der Waals surface area contributed by atoms with Crippen LogP contribution in [0, 0.1) is 13.8 Å². The fraction of sp³-hybridized carbons (Fsp3) is 0.143. The van der Waals surface area contributed by atoms with E-state index in [1.165, 1.54) is 28.5 Å². The van der Waals surface area contributed by atoms with Crippen molar-refractivity contribution in [2.24, 2.45) is 0 Å². The van der Waals surface area contributed by atoms with Crippen LogP contribution in [-0.2, 0) is 4.79 Å². The lowest BCUT2D eigenvalue weighted by atomic mass is 10.1. The van der Waals surface area contributed by atoms with Gasteiger partial charge in [-0.25, -0.2) is 4.98 Å². The molecule has 0 aliphatic carbocycles. The molecule has 0 bridgehead atoms. The molecule has 0 saturated carbocycles. The minimum absolute atomic E-state index is 0.214. The Morgan fingerprint density at radius 3 is 2.77 bits per heavy atom. The van der Waals surface area contributed by atoms with Crippen molar-refractivity contribution < 1.29 is 9.53 Å². The number of hydrogen-bond donors (Lipinski definition) is 1. The molecule has 132 valence electrons. The molecule has 0 spiro atoms. The zero-order valence-electron chi connectivity index (χ0n) is 14.9. The summed E-state index contributed by atoms with van der Waals surface area (Å²) in [6, 6.07) is 13.8. The molecule has 3 rings (SSSR count). The van der Waals surface area contributed by atoms with Gasteiger partial charge in [-0.1, -0.05) is 24.3 Å². The standard InChI is InChI=1S/C21H20N2O2S/c1-14-7-9-17(11-15(14)2)19-13-26-21(22-19)23-20(24)10-8-16-5-4-6-18(12-16)25-3/h4-13H,1-3H3,(H,22,23,24)/b10-8+. The molecule has 0 unspecified atom stereocenters. The minimum Gasteiger partial charge on any atom is -0.497 e. The van der Waals surface area contributed by atoms with Crippen LogP contribution in [0.15, 0.2) is 53.9 Å². The molecule has 0 atom stereocenters. The number of thiazole rings is 1. The van der Waals surface area contributed by atoms with Crippen LogP contribution < -0.4 is 10.1 Å². The normalized spacial score (nSPS) is 10.9. The molecule has 1 N–H and O–H groups in total. The predicted molar refractivity (Wildman–Crippen MR) is 108 cm³/mol. The Labute approximate surface area is 157 Å². The van der Waals surface area contributed by atoms with Crippen LogP contribution in [0.4, 0.5) is 5.13 Å². The first-order valence-electron chi connectivity index (χ1n) is 8.21. The molecular weight excluding hydrogens is 344 g/mol. The van der Waals surface area contributed by atoms with E-state index in [-0.39, 0.29) is 5.91 Å². The Morgan fingerprint density at radius 1 is 1.15 bits per heavy atom. The van der Waals surface area contributed by atoms with Gasteiger partial charge in [0.2, 0.25) is 5.91 Å². The van der Waals surface area contributed by atoms with E-state index in [1.807, 2.05) is 35.7 Å². The quantitative estimate of drug-likeness (QED) is 0.642. The molecule has 1 amide bonds. The fourth-order valence-corrected chi connectivity index (χ4v) is 3.15. The lowest BCUT2D eigenvalue weighted by Gasteiger charge is -2.02. The van der Waals surface area contributed by atoms with Crippen LogP contribution in [0.2, 0.25) is 0 Å². The van der Waals surface area contributed by atoms with Gasteiger partial charge in [-0.05, 0) is 54.8 Å². The maximum absolute atomic E-state index is 12.1. The van der Waals surface area contributed by atoms with E-state index in [2.05, 4.69) is 36.3 Å². The second-order valence-electron chi connectivity index (χ2n) is 5.94. The third kappa shape index (κ3) is 4.37. The summed E-state index contributed by atoms with van der Waals surface area (Å²) in [5.74, 6) is 0.541. The molecule has 0 aliphatic rings. The largest absolute Gasteiger partial charge is 0.497 e. The molecule has 0 radical (unpaired) electrons. The number of aryl methyl sites for hydroxylation is 2. The monoisotopic (exact) mass is 364 g/mol. The lowest BCUT2D eigenvalue weighted by Crippen LogP contribution is -2.07. The Bertz CT molecular complexity index is 960. The van der Waals surface area contributed by atoms with E-state index in [4.69, 9.17) is 4.74 Å². The van der Waals surface area contributed by atoms with Gasteiger partial charge in [0.25, 0.3) is 0 Å². The molecule has 1 heterocycles. The minimum atomic E-state index is -0.214.